The van der Waals surface area contributed by atoms with E-state index in [9.17, 15) is 18.0 Å². The van der Waals surface area contributed by atoms with E-state index in [1.807, 2.05) is 18.2 Å². The van der Waals surface area contributed by atoms with E-state index in [-0.39, 0.29) is 40.4 Å². The fourth-order valence-corrected chi connectivity index (χ4v) is 7.04. The number of hydrogen-bond donors (Lipinski definition) is 1. The monoisotopic (exact) mass is 501 g/mol. The van der Waals surface area contributed by atoms with Crippen molar-refractivity contribution in [2.75, 3.05) is 18.4 Å². The second kappa shape index (κ2) is 8.65. The molecule has 182 valence electrons. The maximum absolute atomic E-state index is 13.7. The van der Waals surface area contributed by atoms with Crippen LogP contribution in [0.25, 0.3) is 10.9 Å². The molecular formula is C26H23N5O4S. The Morgan fingerprint density at radius 2 is 1.75 bits per heavy atom. The molecule has 5 heterocycles. The van der Waals surface area contributed by atoms with Gasteiger partial charge < -0.3 is 9.88 Å². The zero-order valence-corrected chi connectivity index (χ0v) is 20.1. The minimum atomic E-state index is -3.78. The number of anilines is 1. The highest BCUT2D eigenvalue weighted by molar-refractivity contribution is 7.89. The number of amides is 1. The average molecular weight is 502 g/mol. The Labute approximate surface area is 207 Å². The van der Waals surface area contributed by atoms with E-state index in [0.717, 1.165) is 17.5 Å². The van der Waals surface area contributed by atoms with Crippen molar-refractivity contribution in [2.45, 2.75) is 23.8 Å². The molecule has 0 saturated carbocycles. The first-order valence-corrected chi connectivity index (χ1v) is 13.1. The minimum absolute atomic E-state index is 0.0159. The molecule has 36 heavy (non-hydrogen) atoms. The number of nitrogens with zero attached hydrogens (tertiary/aromatic N) is 4. The topological polar surface area (TPSA) is 114 Å². The Hall–Kier alpha value is -3.89. The fraction of sp³-hybridized carbons (Fsp3) is 0.231. The number of fused-ring (bicyclic) bond motifs is 5. The SMILES string of the molecule is O=C(Nc1ccc2n(c1=O)CC1CC2CN(S(=O)(=O)c2cccc3cccnc23)C1)c1ccncc1. The Morgan fingerprint density at radius 3 is 2.58 bits per heavy atom. The molecular weight excluding hydrogens is 478 g/mol. The first-order chi connectivity index (χ1) is 17.4. The van der Waals surface area contributed by atoms with Gasteiger partial charge in [-0.3, -0.25) is 19.6 Å². The summed E-state index contributed by atoms with van der Waals surface area (Å²) in [5, 5.41) is 3.47. The molecule has 2 bridgehead atoms. The number of aromatic nitrogens is 3. The lowest BCUT2D eigenvalue weighted by molar-refractivity contribution is 0.102. The van der Waals surface area contributed by atoms with Gasteiger partial charge in [0.1, 0.15) is 10.6 Å². The van der Waals surface area contributed by atoms with Crippen LogP contribution in [-0.4, -0.2) is 46.3 Å². The summed E-state index contributed by atoms with van der Waals surface area (Å²) in [5.41, 5.74) is 1.58. The average Bonchev–Trinajstić information content (AvgIpc) is 2.90. The van der Waals surface area contributed by atoms with Crippen molar-refractivity contribution >= 4 is 32.5 Å². The molecule has 4 aromatic rings. The van der Waals surface area contributed by atoms with Crippen LogP contribution in [0.2, 0.25) is 0 Å². The smallest absolute Gasteiger partial charge is 0.274 e. The molecule has 0 aliphatic carbocycles. The normalized spacial score (nSPS) is 19.6. The van der Waals surface area contributed by atoms with E-state index >= 15 is 0 Å². The summed E-state index contributed by atoms with van der Waals surface area (Å²) in [4.78, 5) is 34.2. The second-order valence-electron chi connectivity index (χ2n) is 9.23. The van der Waals surface area contributed by atoms with Gasteiger partial charge in [0.2, 0.25) is 10.0 Å². The molecule has 3 aromatic heterocycles. The summed E-state index contributed by atoms with van der Waals surface area (Å²) in [7, 11) is -3.78. The highest BCUT2D eigenvalue weighted by atomic mass is 32.2. The van der Waals surface area contributed by atoms with E-state index < -0.39 is 10.0 Å². The van der Waals surface area contributed by atoms with Crippen LogP contribution in [0.1, 0.15) is 28.4 Å². The lowest BCUT2D eigenvalue weighted by Gasteiger charge is -2.42. The third-order valence-electron chi connectivity index (χ3n) is 6.97. The molecule has 2 aliphatic heterocycles. The van der Waals surface area contributed by atoms with Crippen molar-refractivity contribution < 1.29 is 13.2 Å². The molecule has 6 rings (SSSR count). The second-order valence-corrected chi connectivity index (χ2v) is 11.1. The van der Waals surface area contributed by atoms with Gasteiger partial charge in [-0.05, 0) is 48.7 Å². The zero-order chi connectivity index (χ0) is 24.9. The molecule has 1 N–H and O–H groups in total. The largest absolute Gasteiger partial charge is 0.317 e. The zero-order valence-electron chi connectivity index (χ0n) is 19.2. The number of benzene rings is 1. The molecule has 2 unspecified atom stereocenters. The van der Waals surface area contributed by atoms with Crippen LogP contribution in [0.5, 0.6) is 0 Å². The highest BCUT2D eigenvalue weighted by Crippen LogP contribution is 2.38. The van der Waals surface area contributed by atoms with Crippen molar-refractivity contribution in [1.82, 2.24) is 18.8 Å². The number of pyridine rings is 3. The molecule has 9 nitrogen and oxygen atoms in total. The van der Waals surface area contributed by atoms with E-state index in [2.05, 4.69) is 15.3 Å². The Morgan fingerprint density at radius 1 is 0.944 bits per heavy atom. The minimum Gasteiger partial charge on any atom is -0.317 e. The van der Waals surface area contributed by atoms with Gasteiger partial charge in [0.15, 0.2) is 0 Å². The number of carbonyl (C=O) groups is 1. The molecule has 10 heteroatoms. The summed E-state index contributed by atoms with van der Waals surface area (Å²) < 4.78 is 30.6. The van der Waals surface area contributed by atoms with Crippen molar-refractivity contribution in [3.8, 4) is 0 Å². The van der Waals surface area contributed by atoms with Crippen LogP contribution >= 0.6 is 0 Å². The predicted octanol–water partition coefficient (Wildman–Crippen LogP) is 2.85. The quantitative estimate of drug-likeness (QED) is 0.460. The van der Waals surface area contributed by atoms with Gasteiger partial charge in [0.25, 0.3) is 11.5 Å². The summed E-state index contributed by atoms with van der Waals surface area (Å²) >= 11 is 0. The lowest BCUT2D eigenvalue weighted by Crippen LogP contribution is -2.49. The number of hydrogen-bond acceptors (Lipinski definition) is 6. The molecule has 2 atom stereocenters. The van der Waals surface area contributed by atoms with Crippen molar-refractivity contribution in [3.63, 3.8) is 0 Å². The number of para-hydroxylation sites is 1. The molecule has 0 spiro atoms. The molecule has 1 aromatic carbocycles. The third-order valence-corrected chi connectivity index (χ3v) is 8.84. The van der Waals surface area contributed by atoms with Crippen LogP contribution in [0.3, 0.4) is 0 Å². The van der Waals surface area contributed by atoms with Gasteiger partial charge in [0, 0.05) is 60.8 Å². The van der Waals surface area contributed by atoms with Crippen molar-refractivity contribution in [2.24, 2.45) is 5.92 Å². The third kappa shape index (κ3) is 3.78. The van der Waals surface area contributed by atoms with Crippen LogP contribution in [0, 0.1) is 5.92 Å². The van der Waals surface area contributed by atoms with Crippen molar-refractivity contribution in [3.05, 3.63) is 94.8 Å². The van der Waals surface area contributed by atoms with Crippen LogP contribution in [0.4, 0.5) is 5.69 Å². The highest BCUT2D eigenvalue weighted by Gasteiger charge is 2.40. The number of rotatable bonds is 4. The molecule has 2 aliphatic rings. The maximum Gasteiger partial charge on any atom is 0.274 e. The first kappa shape index (κ1) is 22.6. The van der Waals surface area contributed by atoms with Gasteiger partial charge in [0.05, 0.1) is 5.52 Å². The molecule has 1 fully saturated rings. The summed E-state index contributed by atoms with van der Waals surface area (Å²) in [5.74, 6) is -0.516. The van der Waals surface area contributed by atoms with Gasteiger partial charge in [-0.1, -0.05) is 18.2 Å². The van der Waals surface area contributed by atoms with Gasteiger partial charge in [-0.25, -0.2) is 8.42 Å². The fourth-order valence-electron chi connectivity index (χ4n) is 5.31. The van der Waals surface area contributed by atoms with E-state index in [1.54, 1.807) is 47.2 Å². The Balaban J connectivity index is 1.30. The first-order valence-electron chi connectivity index (χ1n) is 11.7. The Kier molecular flexibility index (Phi) is 5.42. The van der Waals surface area contributed by atoms with Gasteiger partial charge in [-0.2, -0.15) is 4.31 Å². The molecule has 1 saturated heterocycles. The number of sulfonamides is 1. The Bertz CT molecular complexity index is 1650. The lowest BCUT2D eigenvalue weighted by atomic mass is 9.84. The summed E-state index contributed by atoms with van der Waals surface area (Å²) in [6.07, 6.45) is 5.44. The van der Waals surface area contributed by atoms with Crippen molar-refractivity contribution in [1.29, 1.82) is 0 Å². The number of nitrogens with one attached hydrogen (secondary N) is 1. The van der Waals surface area contributed by atoms with E-state index in [4.69, 9.17) is 0 Å². The van der Waals surface area contributed by atoms with E-state index in [1.165, 1.54) is 16.7 Å². The van der Waals surface area contributed by atoms with Crippen LogP contribution in [0.15, 0.2) is 82.9 Å². The van der Waals surface area contributed by atoms with E-state index in [0.29, 0.717) is 24.2 Å². The number of carbonyl (C=O) groups excluding carboxylic acids is 1. The number of piperidine rings is 1. The maximum atomic E-state index is 13.7. The summed E-state index contributed by atoms with van der Waals surface area (Å²) in [6.45, 7) is 0.995. The predicted molar refractivity (Wildman–Crippen MR) is 134 cm³/mol. The van der Waals surface area contributed by atoms with Crippen LogP contribution in [-0.2, 0) is 16.6 Å². The molecule has 1 amide bonds. The summed E-state index contributed by atoms with van der Waals surface area (Å²) in [6, 6.07) is 15.4. The standard InChI is InChI=1S/C26H23N5O4S/c32-25(19-8-11-27-12-9-19)29-21-6-7-22-20-13-17(15-31(22)26(21)33)14-30(16-20)36(34,35)23-5-1-3-18-4-2-10-28-24(18)23/h1-12,17,20H,13-16H2,(H,29,32). The molecule has 0 radical (unpaired) electrons. The van der Waals surface area contributed by atoms with Gasteiger partial charge >= 0.3 is 0 Å². The van der Waals surface area contributed by atoms with Crippen LogP contribution < -0.4 is 10.9 Å². The van der Waals surface area contributed by atoms with Gasteiger partial charge in [-0.15, -0.1) is 0 Å².